The smallest absolute Gasteiger partial charge is 0.320 e. The summed E-state index contributed by atoms with van der Waals surface area (Å²) < 4.78 is 0. The molecule has 1 heterocycles. The third-order valence-electron chi connectivity index (χ3n) is 5.46. The van der Waals surface area contributed by atoms with E-state index in [4.69, 9.17) is 10.8 Å². The summed E-state index contributed by atoms with van der Waals surface area (Å²) in [5, 5.41) is 18.6. The van der Waals surface area contributed by atoms with Gasteiger partial charge in [0, 0.05) is 19.6 Å². The van der Waals surface area contributed by atoms with E-state index in [0.717, 1.165) is 61.4 Å². The Morgan fingerprint density at radius 1 is 1.14 bits per heavy atom. The molecular formula is C23H28N4O2. The molecule has 3 rings (SSSR count). The first kappa shape index (κ1) is 21.0. The van der Waals surface area contributed by atoms with E-state index in [0.29, 0.717) is 5.56 Å². The first-order valence-electron chi connectivity index (χ1n) is 9.98. The number of aliphatic carboxylic acids is 1. The lowest BCUT2D eigenvalue weighted by Crippen LogP contribution is -2.32. The van der Waals surface area contributed by atoms with E-state index < -0.39 is 12.0 Å². The monoisotopic (exact) mass is 392 g/mol. The third-order valence-corrected chi connectivity index (χ3v) is 5.46. The van der Waals surface area contributed by atoms with Crippen molar-refractivity contribution < 1.29 is 9.90 Å². The lowest BCUT2D eigenvalue weighted by Gasteiger charge is -2.20. The van der Waals surface area contributed by atoms with Gasteiger partial charge in [-0.15, -0.1) is 0 Å². The molecule has 0 saturated carbocycles. The van der Waals surface area contributed by atoms with Gasteiger partial charge in [-0.05, 0) is 61.3 Å². The van der Waals surface area contributed by atoms with Gasteiger partial charge < -0.3 is 15.7 Å². The standard InChI is InChI=1S/C23H28N4O2/c1-26-9-2-10-27(12-11-26)16-18-5-8-21(20(13-18)15-24)19-6-3-17(4-7-19)14-22(25)23(28)29/h3-8,13,22H,2,9-12,14,16,25H2,1H3,(H,28,29). The van der Waals surface area contributed by atoms with Crippen molar-refractivity contribution in [1.82, 2.24) is 9.80 Å². The summed E-state index contributed by atoms with van der Waals surface area (Å²) in [7, 11) is 2.16. The van der Waals surface area contributed by atoms with Crippen LogP contribution < -0.4 is 5.73 Å². The van der Waals surface area contributed by atoms with Gasteiger partial charge in [-0.25, -0.2) is 0 Å². The lowest BCUT2D eigenvalue weighted by molar-refractivity contribution is -0.138. The molecule has 1 atom stereocenters. The minimum Gasteiger partial charge on any atom is -0.480 e. The van der Waals surface area contributed by atoms with Gasteiger partial charge in [0.1, 0.15) is 6.04 Å². The number of hydrogen-bond acceptors (Lipinski definition) is 5. The molecule has 2 aromatic rings. The van der Waals surface area contributed by atoms with Crippen molar-refractivity contribution in [2.24, 2.45) is 5.73 Å². The topological polar surface area (TPSA) is 93.6 Å². The van der Waals surface area contributed by atoms with Gasteiger partial charge in [0.15, 0.2) is 0 Å². The van der Waals surface area contributed by atoms with Crippen LogP contribution in [-0.4, -0.2) is 60.1 Å². The second-order valence-corrected chi connectivity index (χ2v) is 7.77. The second kappa shape index (κ2) is 9.66. The molecule has 0 aliphatic carbocycles. The Morgan fingerprint density at radius 3 is 2.55 bits per heavy atom. The summed E-state index contributed by atoms with van der Waals surface area (Å²) in [5.74, 6) is -1.01. The Labute approximate surface area is 172 Å². The molecule has 29 heavy (non-hydrogen) atoms. The summed E-state index contributed by atoms with van der Waals surface area (Å²) in [6.07, 6.45) is 1.45. The van der Waals surface area contributed by atoms with E-state index >= 15 is 0 Å². The van der Waals surface area contributed by atoms with Crippen molar-refractivity contribution >= 4 is 5.97 Å². The highest BCUT2D eigenvalue weighted by Crippen LogP contribution is 2.26. The minimum absolute atomic E-state index is 0.282. The molecule has 6 heteroatoms. The predicted molar refractivity (Wildman–Crippen MR) is 113 cm³/mol. The fourth-order valence-electron chi connectivity index (χ4n) is 3.71. The van der Waals surface area contributed by atoms with Gasteiger partial charge in [-0.2, -0.15) is 5.26 Å². The van der Waals surface area contributed by atoms with Gasteiger partial charge >= 0.3 is 5.97 Å². The zero-order valence-corrected chi connectivity index (χ0v) is 16.8. The fraction of sp³-hybridized carbons (Fsp3) is 0.391. The zero-order valence-electron chi connectivity index (χ0n) is 16.8. The van der Waals surface area contributed by atoms with Crippen molar-refractivity contribution in [1.29, 1.82) is 5.26 Å². The number of carboxylic acid groups (broad SMARTS) is 1. The van der Waals surface area contributed by atoms with Crippen LogP contribution in [0.2, 0.25) is 0 Å². The molecule has 1 aliphatic heterocycles. The Morgan fingerprint density at radius 2 is 1.86 bits per heavy atom. The maximum Gasteiger partial charge on any atom is 0.320 e. The van der Waals surface area contributed by atoms with Crippen LogP contribution in [-0.2, 0) is 17.8 Å². The fourth-order valence-corrected chi connectivity index (χ4v) is 3.71. The molecule has 0 bridgehead atoms. The number of carbonyl (C=O) groups is 1. The quantitative estimate of drug-likeness (QED) is 0.784. The largest absolute Gasteiger partial charge is 0.480 e. The van der Waals surface area contributed by atoms with Crippen LogP contribution in [0.5, 0.6) is 0 Å². The van der Waals surface area contributed by atoms with E-state index in [1.807, 2.05) is 36.4 Å². The molecule has 0 radical (unpaired) electrons. The number of nitrogens with two attached hydrogens (primary N) is 1. The van der Waals surface area contributed by atoms with Crippen LogP contribution in [0.25, 0.3) is 11.1 Å². The second-order valence-electron chi connectivity index (χ2n) is 7.77. The molecule has 152 valence electrons. The molecule has 1 saturated heterocycles. The summed E-state index contributed by atoms with van der Waals surface area (Å²) >= 11 is 0. The first-order valence-corrected chi connectivity index (χ1v) is 9.98. The summed E-state index contributed by atoms with van der Waals surface area (Å²) in [6.45, 7) is 5.18. The highest BCUT2D eigenvalue weighted by molar-refractivity contribution is 5.74. The van der Waals surface area contributed by atoms with E-state index in [9.17, 15) is 10.1 Å². The van der Waals surface area contributed by atoms with E-state index in [-0.39, 0.29) is 6.42 Å². The van der Waals surface area contributed by atoms with Crippen molar-refractivity contribution in [2.75, 3.05) is 33.2 Å². The Hall–Kier alpha value is -2.72. The Bertz CT molecular complexity index is 889. The number of likely N-dealkylation sites (N-methyl/N-ethyl adjacent to an activating group) is 1. The molecular weight excluding hydrogens is 364 g/mol. The van der Waals surface area contributed by atoms with Crippen molar-refractivity contribution in [3.8, 4) is 17.2 Å². The summed E-state index contributed by atoms with van der Waals surface area (Å²) in [5.41, 5.74) is 10.1. The van der Waals surface area contributed by atoms with Crippen LogP contribution in [0.1, 0.15) is 23.1 Å². The van der Waals surface area contributed by atoms with E-state index in [1.54, 1.807) is 0 Å². The summed E-state index contributed by atoms with van der Waals surface area (Å²) in [6, 6.07) is 15.1. The van der Waals surface area contributed by atoms with E-state index in [1.165, 1.54) is 0 Å². The minimum atomic E-state index is -1.01. The molecule has 0 spiro atoms. The molecule has 1 aliphatic rings. The number of rotatable bonds is 6. The normalized spacial score (nSPS) is 16.7. The average Bonchev–Trinajstić information content (AvgIpc) is 2.92. The SMILES string of the molecule is CN1CCCN(Cc2ccc(-c3ccc(CC(N)C(=O)O)cc3)c(C#N)c2)CC1. The van der Waals surface area contributed by atoms with Crippen molar-refractivity contribution in [3.05, 3.63) is 59.2 Å². The van der Waals surface area contributed by atoms with E-state index in [2.05, 4.69) is 29.0 Å². The van der Waals surface area contributed by atoms with Gasteiger partial charge in [-0.1, -0.05) is 36.4 Å². The summed E-state index contributed by atoms with van der Waals surface area (Å²) in [4.78, 5) is 15.7. The molecule has 1 unspecified atom stereocenters. The predicted octanol–water partition coefficient (Wildman–Crippen LogP) is 2.32. The highest BCUT2D eigenvalue weighted by atomic mass is 16.4. The first-order chi connectivity index (χ1) is 14.0. The molecule has 0 amide bonds. The van der Waals surface area contributed by atoms with Crippen LogP contribution >= 0.6 is 0 Å². The number of benzene rings is 2. The number of nitriles is 1. The Kier molecular flexibility index (Phi) is 6.99. The van der Waals surface area contributed by atoms with Crippen molar-refractivity contribution in [3.63, 3.8) is 0 Å². The van der Waals surface area contributed by atoms with Crippen LogP contribution in [0.4, 0.5) is 0 Å². The molecule has 0 aromatic heterocycles. The maximum absolute atomic E-state index is 10.9. The number of nitrogens with zero attached hydrogens (tertiary/aromatic N) is 3. The van der Waals surface area contributed by atoms with Crippen molar-refractivity contribution in [2.45, 2.75) is 25.4 Å². The Balaban J connectivity index is 1.73. The van der Waals surface area contributed by atoms with Crippen LogP contribution in [0, 0.1) is 11.3 Å². The molecule has 2 aromatic carbocycles. The van der Waals surface area contributed by atoms with Gasteiger partial charge in [0.2, 0.25) is 0 Å². The highest BCUT2D eigenvalue weighted by Gasteiger charge is 2.15. The van der Waals surface area contributed by atoms with Crippen LogP contribution in [0.15, 0.2) is 42.5 Å². The number of hydrogen-bond donors (Lipinski definition) is 2. The third kappa shape index (κ3) is 5.64. The zero-order chi connectivity index (χ0) is 20.8. The molecule has 1 fully saturated rings. The van der Waals surface area contributed by atoms with Gasteiger partial charge in [0.05, 0.1) is 11.6 Å². The molecule has 3 N–H and O–H groups in total. The van der Waals surface area contributed by atoms with Crippen LogP contribution in [0.3, 0.4) is 0 Å². The van der Waals surface area contributed by atoms with Gasteiger partial charge in [0.25, 0.3) is 0 Å². The average molecular weight is 393 g/mol. The lowest BCUT2D eigenvalue weighted by atomic mass is 9.96. The molecule has 6 nitrogen and oxygen atoms in total. The number of carboxylic acids is 1. The van der Waals surface area contributed by atoms with Gasteiger partial charge in [-0.3, -0.25) is 9.69 Å². The maximum atomic E-state index is 10.9.